The van der Waals surface area contributed by atoms with Gasteiger partial charge in [-0.3, -0.25) is 9.78 Å². The third-order valence-electron chi connectivity index (χ3n) is 3.25. The molecule has 1 aromatic heterocycles. The summed E-state index contributed by atoms with van der Waals surface area (Å²) in [7, 11) is 0. The van der Waals surface area contributed by atoms with Gasteiger partial charge in [-0.25, -0.2) is 0 Å². The monoisotopic (exact) mass is 275 g/mol. The molecular weight excluding hydrogens is 262 g/mol. The predicted octanol–water partition coefficient (Wildman–Crippen LogP) is 3.95. The van der Waals surface area contributed by atoms with Gasteiger partial charge in [0.1, 0.15) is 5.75 Å². The molecule has 0 N–H and O–H groups in total. The van der Waals surface area contributed by atoms with Crippen molar-refractivity contribution >= 4 is 6.47 Å². The van der Waals surface area contributed by atoms with Crippen LogP contribution < -0.4 is 4.74 Å². The lowest BCUT2D eigenvalue weighted by molar-refractivity contribution is -0.120. The van der Waals surface area contributed by atoms with Crippen LogP contribution in [-0.2, 0) is 4.79 Å². The van der Waals surface area contributed by atoms with Crippen molar-refractivity contribution in [3.8, 4) is 28.0 Å². The van der Waals surface area contributed by atoms with E-state index in [1.807, 2.05) is 60.7 Å². The second-order valence-corrected chi connectivity index (χ2v) is 4.53. The number of hydrogen-bond donors (Lipinski definition) is 0. The van der Waals surface area contributed by atoms with E-state index in [1.54, 1.807) is 12.4 Å². The number of benzene rings is 2. The highest BCUT2D eigenvalue weighted by Gasteiger charge is 2.08. The third kappa shape index (κ3) is 2.82. The van der Waals surface area contributed by atoms with Gasteiger partial charge in [0.05, 0.1) is 0 Å². The first-order chi connectivity index (χ1) is 10.4. The molecule has 3 aromatic rings. The van der Waals surface area contributed by atoms with E-state index in [1.165, 1.54) is 0 Å². The zero-order chi connectivity index (χ0) is 14.5. The van der Waals surface area contributed by atoms with E-state index in [-0.39, 0.29) is 0 Å². The number of nitrogens with zero attached hydrogens (tertiary/aromatic N) is 1. The van der Waals surface area contributed by atoms with Crippen LogP contribution in [0, 0.1) is 0 Å². The van der Waals surface area contributed by atoms with Gasteiger partial charge in [-0.2, -0.15) is 0 Å². The molecule has 0 saturated heterocycles. The number of ether oxygens (including phenoxy) is 1. The summed E-state index contributed by atoms with van der Waals surface area (Å²) in [6.45, 7) is 0.447. The summed E-state index contributed by atoms with van der Waals surface area (Å²) in [5.74, 6) is 0.538. The van der Waals surface area contributed by atoms with Gasteiger partial charge in [-0.05, 0) is 41.0 Å². The van der Waals surface area contributed by atoms with Crippen molar-refractivity contribution in [1.29, 1.82) is 0 Å². The quantitative estimate of drug-likeness (QED) is 0.677. The molecule has 0 aliphatic heterocycles. The molecule has 3 nitrogen and oxygen atoms in total. The Morgan fingerprint density at radius 1 is 0.810 bits per heavy atom. The molecule has 0 bridgehead atoms. The number of aromatic nitrogens is 1. The smallest absolute Gasteiger partial charge is 0.298 e. The number of pyridine rings is 1. The van der Waals surface area contributed by atoms with Crippen LogP contribution in [-0.4, -0.2) is 11.5 Å². The highest BCUT2D eigenvalue weighted by Crippen LogP contribution is 2.33. The summed E-state index contributed by atoms with van der Waals surface area (Å²) in [5, 5.41) is 0. The summed E-state index contributed by atoms with van der Waals surface area (Å²) in [5.41, 5.74) is 4.01. The van der Waals surface area contributed by atoms with E-state index in [0.29, 0.717) is 12.2 Å². The van der Waals surface area contributed by atoms with E-state index in [0.717, 1.165) is 22.3 Å². The van der Waals surface area contributed by atoms with Crippen LogP contribution in [0.3, 0.4) is 0 Å². The van der Waals surface area contributed by atoms with Crippen LogP contribution >= 0.6 is 0 Å². The Labute approximate surface area is 122 Å². The summed E-state index contributed by atoms with van der Waals surface area (Å²) >= 11 is 0. The Balaban J connectivity index is 2.13. The lowest BCUT2D eigenvalue weighted by Gasteiger charge is -2.10. The van der Waals surface area contributed by atoms with Crippen molar-refractivity contribution in [3.05, 3.63) is 73.1 Å². The molecule has 0 atom stereocenters. The van der Waals surface area contributed by atoms with Crippen molar-refractivity contribution < 1.29 is 9.53 Å². The maximum absolute atomic E-state index is 10.7. The molecule has 0 radical (unpaired) electrons. The summed E-state index contributed by atoms with van der Waals surface area (Å²) in [4.78, 5) is 14.7. The SMILES string of the molecule is O=COc1ccc(-c2ccccc2)cc1-c1ccncc1. The van der Waals surface area contributed by atoms with Crippen LogP contribution in [0.25, 0.3) is 22.3 Å². The molecule has 102 valence electrons. The average molecular weight is 275 g/mol. The van der Waals surface area contributed by atoms with Crippen molar-refractivity contribution in [2.45, 2.75) is 0 Å². The zero-order valence-electron chi connectivity index (χ0n) is 11.3. The van der Waals surface area contributed by atoms with Crippen LogP contribution in [0.2, 0.25) is 0 Å². The first kappa shape index (κ1) is 13.1. The Hall–Kier alpha value is -2.94. The fraction of sp³-hybridized carbons (Fsp3) is 0. The largest absolute Gasteiger partial charge is 0.428 e. The van der Waals surface area contributed by atoms with Gasteiger partial charge in [-0.1, -0.05) is 36.4 Å². The number of hydrogen-bond acceptors (Lipinski definition) is 3. The van der Waals surface area contributed by atoms with E-state index in [2.05, 4.69) is 4.98 Å². The van der Waals surface area contributed by atoms with Crippen molar-refractivity contribution in [2.24, 2.45) is 0 Å². The molecule has 0 fully saturated rings. The number of carbonyl (C=O) groups excluding carboxylic acids is 1. The van der Waals surface area contributed by atoms with Crippen LogP contribution in [0.1, 0.15) is 0 Å². The fourth-order valence-electron chi connectivity index (χ4n) is 2.25. The van der Waals surface area contributed by atoms with Crippen molar-refractivity contribution in [2.75, 3.05) is 0 Å². The van der Waals surface area contributed by atoms with Gasteiger partial charge < -0.3 is 4.74 Å². The topological polar surface area (TPSA) is 39.2 Å². The third-order valence-corrected chi connectivity index (χ3v) is 3.25. The van der Waals surface area contributed by atoms with E-state index < -0.39 is 0 Å². The van der Waals surface area contributed by atoms with Crippen molar-refractivity contribution in [1.82, 2.24) is 4.98 Å². The summed E-state index contributed by atoms with van der Waals surface area (Å²) in [6, 6.07) is 19.6. The molecule has 2 aromatic carbocycles. The molecule has 3 rings (SSSR count). The average Bonchev–Trinajstić information content (AvgIpc) is 2.57. The molecule has 0 unspecified atom stereocenters. The number of carbonyl (C=O) groups is 1. The maximum Gasteiger partial charge on any atom is 0.298 e. The Bertz CT molecular complexity index is 740. The molecule has 0 amide bonds. The van der Waals surface area contributed by atoms with Gasteiger partial charge in [0, 0.05) is 18.0 Å². The normalized spacial score (nSPS) is 10.1. The van der Waals surface area contributed by atoms with Crippen LogP contribution in [0.4, 0.5) is 0 Å². The molecular formula is C18H13NO2. The molecule has 1 heterocycles. The van der Waals surface area contributed by atoms with E-state index in [4.69, 9.17) is 4.74 Å². The maximum atomic E-state index is 10.7. The minimum absolute atomic E-state index is 0.447. The van der Waals surface area contributed by atoms with Gasteiger partial charge in [0.25, 0.3) is 6.47 Å². The lowest BCUT2D eigenvalue weighted by atomic mass is 9.99. The van der Waals surface area contributed by atoms with Gasteiger partial charge >= 0.3 is 0 Å². The Kier molecular flexibility index (Phi) is 3.74. The van der Waals surface area contributed by atoms with Crippen LogP contribution in [0.15, 0.2) is 73.1 Å². The molecule has 0 aliphatic rings. The lowest BCUT2D eigenvalue weighted by Crippen LogP contribution is -1.92. The summed E-state index contributed by atoms with van der Waals surface area (Å²) in [6.07, 6.45) is 3.43. The van der Waals surface area contributed by atoms with Gasteiger partial charge in [-0.15, -0.1) is 0 Å². The standard InChI is InChI=1S/C18H13NO2/c20-13-21-18-7-6-16(14-4-2-1-3-5-14)12-17(18)15-8-10-19-11-9-15/h1-13H. The summed E-state index contributed by atoms with van der Waals surface area (Å²) < 4.78 is 5.08. The second kappa shape index (κ2) is 6.01. The fourth-order valence-corrected chi connectivity index (χ4v) is 2.25. The highest BCUT2D eigenvalue weighted by molar-refractivity contribution is 5.78. The van der Waals surface area contributed by atoms with Gasteiger partial charge in [0.2, 0.25) is 0 Å². The van der Waals surface area contributed by atoms with E-state index in [9.17, 15) is 4.79 Å². The predicted molar refractivity (Wildman–Crippen MR) is 81.8 cm³/mol. The Morgan fingerprint density at radius 3 is 2.29 bits per heavy atom. The number of rotatable bonds is 4. The highest BCUT2D eigenvalue weighted by atomic mass is 16.5. The molecule has 0 spiro atoms. The first-order valence-corrected chi connectivity index (χ1v) is 6.58. The Morgan fingerprint density at radius 2 is 1.57 bits per heavy atom. The molecule has 21 heavy (non-hydrogen) atoms. The van der Waals surface area contributed by atoms with Gasteiger partial charge in [0.15, 0.2) is 0 Å². The first-order valence-electron chi connectivity index (χ1n) is 6.58. The van der Waals surface area contributed by atoms with Crippen molar-refractivity contribution in [3.63, 3.8) is 0 Å². The van der Waals surface area contributed by atoms with Crippen LogP contribution in [0.5, 0.6) is 5.75 Å². The minimum Gasteiger partial charge on any atom is -0.428 e. The molecule has 0 aliphatic carbocycles. The zero-order valence-corrected chi connectivity index (χ0v) is 11.3. The molecule has 0 saturated carbocycles. The molecule has 3 heteroatoms. The van der Waals surface area contributed by atoms with E-state index >= 15 is 0 Å². The minimum atomic E-state index is 0.447. The second-order valence-electron chi connectivity index (χ2n) is 4.53.